The molecule has 0 aliphatic carbocycles. The van der Waals surface area contributed by atoms with Crippen molar-refractivity contribution in [2.75, 3.05) is 11.1 Å². The third-order valence-electron chi connectivity index (χ3n) is 3.69. The predicted molar refractivity (Wildman–Crippen MR) is 113 cm³/mol. The molecule has 1 N–H and O–H groups in total. The number of carbonyl (C=O) groups excluding carboxylic acids is 1. The van der Waals surface area contributed by atoms with Gasteiger partial charge in [-0.25, -0.2) is 9.97 Å². The van der Waals surface area contributed by atoms with Crippen LogP contribution in [0.3, 0.4) is 0 Å². The Hall–Kier alpha value is -1.90. The molecule has 3 rings (SSSR count). The molecule has 2 aromatic heterocycles. The fourth-order valence-corrected chi connectivity index (χ4v) is 3.85. The number of fused-ring (bicyclic) bond motifs is 1. The first-order valence-electron chi connectivity index (χ1n) is 8.23. The van der Waals surface area contributed by atoms with E-state index in [2.05, 4.69) is 31.2 Å². The number of anilines is 1. The maximum Gasteiger partial charge on any atom is 0.262 e. The molecule has 1 amide bonds. The molecule has 0 saturated carbocycles. The normalized spacial score (nSPS) is 10.9. The highest BCUT2D eigenvalue weighted by Gasteiger charge is 2.14. The first-order valence-corrected chi connectivity index (χ1v) is 10.4. The lowest BCUT2D eigenvalue weighted by atomic mass is 10.2. The van der Waals surface area contributed by atoms with Crippen molar-refractivity contribution in [3.05, 3.63) is 56.5 Å². The van der Waals surface area contributed by atoms with Crippen LogP contribution in [0.25, 0.3) is 10.9 Å². The third-order valence-corrected chi connectivity index (χ3v) is 5.46. The summed E-state index contributed by atoms with van der Waals surface area (Å²) in [5.74, 6) is -0.147. The molecule has 0 aliphatic heterocycles. The van der Waals surface area contributed by atoms with Crippen LogP contribution in [0.5, 0.6) is 0 Å². The van der Waals surface area contributed by atoms with Crippen molar-refractivity contribution >= 4 is 61.8 Å². The molecule has 0 saturated heterocycles. The lowest BCUT2D eigenvalue weighted by Gasteiger charge is -2.12. The number of hydrogen-bond donors (Lipinski definition) is 1. The number of nitrogens with zero attached hydrogens (tertiary/aromatic N) is 3. The average molecular weight is 468 g/mol. The number of benzene rings is 1. The van der Waals surface area contributed by atoms with Gasteiger partial charge in [0.25, 0.3) is 5.56 Å². The van der Waals surface area contributed by atoms with Gasteiger partial charge in [-0.05, 0) is 36.8 Å². The molecular formula is C18H16BrClN4O2S. The Morgan fingerprint density at radius 1 is 1.37 bits per heavy atom. The smallest absolute Gasteiger partial charge is 0.262 e. The molecule has 27 heavy (non-hydrogen) atoms. The molecule has 1 aromatic carbocycles. The summed E-state index contributed by atoms with van der Waals surface area (Å²) < 4.78 is 2.44. The lowest BCUT2D eigenvalue weighted by Crippen LogP contribution is -2.24. The molecule has 2 heterocycles. The summed E-state index contributed by atoms with van der Waals surface area (Å²) in [6.45, 7) is 2.52. The molecule has 140 valence electrons. The number of amides is 1. The lowest BCUT2D eigenvalue weighted by molar-refractivity contribution is -0.113. The van der Waals surface area contributed by atoms with E-state index in [1.54, 1.807) is 35.0 Å². The fourth-order valence-electron chi connectivity index (χ4n) is 2.50. The quantitative estimate of drug-likeness (QED) is 0.331. The van der Waals surface area contributed by atoms with Crippen LogP contribution in [-0.2, 0) is 11.3 Å². The topological polar surface area (TPSA) is 76.9 Å². The molecule has 6 nitrogen and oxygen atoms in total. The Bertz CT molecular complexity index is 1060. The largest absolute Gasteiger partial charge is 0.323 e. The minimum atomic E-state index is -0.247. The van der Waals surface area contributed by atoms with E-state index in [0.717, 1.165) is 10.9 Å². The Labute approximate surface area is 173 Å². The van der Waals surface area contributed by atoms with E-state index in [1.807, 2.05) is 13.0 Å². The summed E-state index contributed by atoms with van der Waals surface area (Å²) in [4.78, 5) is 33.6. The molecule has 9 heteroatoms. The van der Waals surface area contributed by atoms with Gasteiger partial charge >= 0.3 is 0 Å². The van der Waals surface area contributed by atoms with E-state index in [0.29, 0.717) is 28.3 Å². The number of halogens is 2. The van der Waals surface area contributed by atoms with Crippen molar-refractivity contribution in [2.45, 2.75) is 25.0 Å². The van der Waals surface area contributed by atoms with Crippen LogP contribution in [0.2, 0.25) is 5.15 Å². The number of rotatable bonds is 6. The van der Waals surface area contributed by atoms with Gasteiger partial charge in [0.1, 0.15) is 0 Å². The number of pyridine rings is 1. The SMILES string of the molecule is CCCn1c(SCC(=O)Nc2cccnc2Cl)nc2ccc(Br)cc2c1=O. The van der Waals surface area contributed by atoms with Gasteiger partial charge in [0, 0.05) is 17.2 Å². The maximum atomic E-state index is 12.8. The van der Waals surface area contributed by atoms with Crippen molar-refractivity contribution in [3.8, 4) is 0 Å². The number of hydrogen-bond acceptors (Lipinski definition) is 5. The molecule has 0 bridgehead atoms. The highest BCUT2D eigenvalue weighted by molar-refractivity contribution is 9.10. The van der Waals surface area contributed by atoms with Crippen molar-refractivity contribution in [1.82, 2.24) is 14.5 Å². The molecule has 0 atom stereocenters. The van der Waals surface area contributed by atoms with Crippen LogP contribution in [0.1, 0.15) is 13.3 Å². The van der Waals surface area contributed by atoms with Gasteiger partial charge in [-0.3, -0.25) is 14.2 Å². The summed E-state index contributed by atoms with van der Waals surface area (Å²) in [7, 11) is 0. The molecule has 0 fully saturated rings. The van der Waals surface area contributed by atoms with E-state index in [1.165, 1.54) is 11.8 Å². The number of nitrogens with one attached hydrogen (secondary N) is 1. The highest BCUT2D eigenvalue weighted by Crippen LogP contribution is 2.22. The van der Waals surface area contributed by atoms with E-state index in [-0.39, 0.29) is 22.4 Å². The zero-order chi connectivity index (χ0) is 19.4. The van der Waals surface area contributed by atoms with Crippen molar-refractivity contribution < 1.29 is 4.79 Å². The van der Waals surface area contributed by atoms with Gasteiger partial charge in [0.05, 0.1) is 22.3 Å². The fraction of sp³-hybridized carbons (Fsp3) is 0.222. The summed E-state index contributed by atoms with van der Waals surface area (Å²) >= 11 is 10.6. The summed E-state index contributed by atoms with van der Waals surface area (Å²) in [6.07, 6.45) is 2.33. The minimum Gasteiger partial charge on any atom is -0.323 e. The van der Waals surface area contributed by atoms with Crippen LogP contribution >= 0.6 is 39.3 Å². The molecule has 3 aromatic rings. The standard InChI is InChI=1S/C18H16BrClN4O2S/c1-2-8-24-17(26)12-9-11(19)5-6-13(12)23-18(24)27-10-15(25)22-14-4-3-7-21-16(14)20/h3-7,9H,2,8,10H2,1H3,(H,22,25). The Morgan fingerprint density at radius 2 is 2.19 bits per heavy atom. The Balaban J connectivity index is 1.84. The van der Waals surface area contributed by atoms with Crippen LogP contribution < -0.4 is 10.9 Å². The second kappa shape index (κ2) is 8.86. The first-order chi connectivity index (χ1) is 13.0. The van der Waals surface area contributed by atoms with Crippen molar-refractivity contribution in [1.29, 1.82) is 0 Å². The van der Waals surface area contributed by atoms with Crippen LogP contribution in [-0.4, -0.2) is 26.2 Å². The number of carbonyl (C=O) groups is 1. The Kier molecular flexibility index (Phi) is 6.51. The highest BCUT2D eigenvalue weighted by atomic mass is 79.9. The zero-order valence-corrected chi connectivity index (χ0v) is 17.6. The van der Waals surface area contributed by atoms with Gasteiger partial charge in [0.2, 0.25) is 5.91 Å². The van der Waals surface area contributed by atoms with Crippen LogP contribution in [0.4, 0.5) is 5.69 Å². The minimum absolute atomic E-state index is 0.101. The van der Waals surface area contributed by atoms with Crippen LogP contribution in [0, 0.1) is 0 Å². The average Bonchev–Trinajstić information content (AvgIpc) is 2.65. The monoisotopic (exact) mass is 466 g/mol. The van der Waals surface area contributed by atoms with E-state index < -0.39 is 0 Å². The van der Waals surface area contributed by atoms with Gasteiger partial charge in [-0.1, -0.05) is 46.2 Å². The molecule has 0 radical (unpaired) electrons. The van der Waals surface area contributed by atoms with Crippen molar-refractivity contribution in [2.24, 2.45) is 0 Å². The second-order valence-corrected chi connectivity index (χ2v) is 7.91. The maximum absolute atomic E-state index is 12.8. The van der Waals surface area contributed by atoms with Crippen molar-refractivity contribution in [3.63, 3.8) is 0 Å². The number of thioether (sulfide) groups is 1. The predicted octanol–water partition coefficient (Wildman–Crippen LogP) is 4.35. The van der Waals surface area contributed by atoms with Crippen LogP contribution in [0.15, 0.2) is 51.0 Å². The van der Waals surface area contributed by atoms with Gasteiger partial charge in [0.15, 0.2) is 10.3 Å². The first kappa shape index (κ1) is 19.9. The van der Waals surface area contributed by atoms with Gasteiger partial charge in [-0.2, -0.15) is 0 Å². The zero-order valence-electron chi connectivity index (χ0n) is 14.4. The molecule has 0 spiro atoms. The molecule has 0 aliphatic rings. The summed E-state index contributed by atoms with van der Waals surface area (Å²) in [5, 5.41) is 4.01. The van der Waals surface area contributed by atoms with Gasteiger partial charge < -0.3 is 5.32 Å². The second-order valence-electron chi connectivity index (χ2n) is 5.69. The molecular weight excluding hydrogens is 452 g/mol. The number of aromatic nitrogens is 3. The third kappa shape index (κ3) is 4.69. The van der Waals surface area contributed by atoms with E-state index in [4.69, 9.17) is 11.6 Å². The Morgan fingerprint density at radius 3 is 2.93 bits per heavy atom. The summed E-state index contributed by atoms with van der Waals surface area (Å²) in [6, 6.07) is 8.76. The van der Waals surface area contributed by atoms with Gasteiger partial charge in [-0.15, -0.1) is 0 Å². The van der Waals surface area contributed by atoms with E-state index >= 15 is 0 Å². The molecule has 0 unspecified atom stereocenters. The summed E-state index contributed by atoms with van der Waals surface area (Å²) in [5.41, 5.74) is 0.946. The van der Waals surface area contributed by atoms with E-state index in [9.17, 15) is 9.59 Å².